The van der Waals surface area contributed by atoms with Crippen molar-refractivity contribution in [3.63, 3.8) is 0 Å². The molecule has 11 heavy (non-hydrogen) atoms. The molecule has 0 unspecified atom stereocenters. The zero-order valence-corrected chi connectivity index (χ0v) is 6.29. The molecule has 0 radical (unpaired) electrons. The summed E-state index contributed by atoms with van der Waals surface area (Å²) in [5, 5.41) is 10.5. The van der Waals surface area contributed by atoms with Crippen molar-refractivity contribution < 1.29 is 4.74 Å². The van der Waals surface area contributed by atoms with Crippen LogP contribution in [0.4, 0.5) is 0 Å². The molecule has 0 aliphatic carbocycles. The summed E-state index contributed by atoms with van der Waals surface area (Å²) in [6, 6.07) is 0. The molecule has 1 aliphatic heterocycles. The third kappa shape index (κ3) is 1.40. The molecule has 4 heteroatoms. The van der Waals surface area contributed by atoms with Gasteiger partial charge in [0.1, 0.15) is 0 Å². The largest absolute Gasteiger partial charge is 0.381 e. The lowest BCUT2D eigenvalue weighted by Crippen LogP contribution is -2.14. The fourth-order valence-corrected chi connectivity index (χ4v) is 1.40. The Morgan fingerprint density at radius 3 is 2.91 bits per heavy atom. The van der Waals surface area contributed by atoms with E-state index in [9.17, 15) is 0 Å². The van der Waals surface area contributed by atoms with Gasteiger partial charge in [-0.2, -0.15) is 15.4 Å². The highest BCUT2D eigenvalue weighted by molar-refractivity contribution is 5.01. The molecule has 1 fully saturated rings. The third-order valence-electron chi connectivity index (χ3n) is 2.07. The van der Waals surface area contributed by atoms with E-state index in [4.69, 9.17) is 4.74 Å². The minimum absolute atomic E-state index is 0.558. The number of hydrogen-bond acceptors (Lipinski definition) is 3. The topological polar surface area (TPSA) is 50.8 Å². The summed E-state index contributed by atoms with van der Waals surface area (Å²) < 4.78 is 5.24. The third-order valence-corrected chi connectivity index (χ3v) is 2.07. The van der Waals surface area contributed by atoms with Crippen LogP contribution in [0.3, 0.4) is 0 Å². The highest BCUT2D eigenvalue weighted by Gasteiger charge is 2.17. The van der Waals surface area contributed by atoms with E-state index in [1.165, 1.54) is 0 Å². The van der Waals surface area contributed by atoms with Gasteiger partial charge in [0.05, 0.1) is 11.9 Å². The minimum Gasteiger partial charge on any atom is -0.381 e. The predicted molar refractivity (Wildman–Crippen MR) is 39.2 cm³/mol. The summed E-state index contributed by atoms with van der Waals surface area (Å²) >= 11 is 0. The number of aromatic nitrogens is 3. The molecule has 0 bridgehead atoms. The molecule has 0 aromatic carbocycles. The first kappa shape index (κ1) is 6.79. The quantitative estimate of drug-likeness (QED) is 0.646. The Hall–Kier alpha value is -0.900. The van der Waals surface area contributed by atoms with E-state index in [0.717, 1.165) is 31.7 Å². The molecule has 1 aromatic heterocycles. The van der Waals surface area contributed by atoms with Gasteiger partial charge in [0.15, 0.2) is 0 Å². The average Bonchev–Trinajstić information content (AvgIpc) is 2.58. The molecule has 1 saturated heterocycles. The molecule has 2 rings (SSSR count). The van der Waals surface area contributed by atoms with Gasteiger partial charge in [0.2, 0.25) is 0 Å². The summed E-state index contributed by atoms with van der Waals surface area (Å²) in [6.45, 7) is 1.72. The first-order chi connectivity index (χ1) is 5.47. The Balaban J connectivity index is 2.04. The van der Waals surface area contributed by atoms with Crippen molar-refractivity contribution in [1.82, 2.24) is 15.4 Å². The molecule has 0 saturated carbocycles. The van der Waals surface area contributed by atoms with Crippen LogP contribution < -0.4 is 0 Å². The van der Waals surface area contributed by atoms with E-state index in [0.29, 0.717) is 5.92 Å². The summed E-state index contributed by atoms with van der Waals surface area (Å²) in [5.41, 5.74) is 1.08. The van der Waals surface area contributed by atoms with E-state index >= 15 is 0 Å². The van der Waals surface area contributed by atoms with Crippen LogP contribution in [-0.2, 0) is 4.74 Å². The number of ether oxygens (including phenoxy) is 1. The number of aromatic amines is 1. The van der Waals surface area contributed by atoms with Crippen LogP contribution in [0.2, 0.25) is 0 Å². The molecule has 0 spiro atoms. The standard InChI is InChI=1S/C7H11N3O/c1-3-11-4-2-6(1)7-5-8-10-9-7/h5-6H,1-4H2,(H,8,9,10). The lowest BCUT2D eigenvalue weighted by Gasteiger charge is -2.19. The van der Waals surface area contributed by atoms with Gasteiger partial charge in [0.25, 0.3) is 0 Å². The number of rotatable bonds is 1. The van der Waals surface area contributed by atoms with Crippen LogP contribution in [0.5, 0.6) is 0 Å². The van der Waals surface area contributed by atoms with Gasteiger partial charge in [-0.25, -0.2) is 0 Å². The Kier molecular flexibility index (Phi) is 1.85. The highest BCUT2D eigenvalue weighted by atomic mass is 16.5. The van der Waals surface area contributed by atoms with Crippen LogP contribution in [0.1, 0.15) is 24.5 Å². The number of nitrogens with one attached hydrogen (secondary N) is 1. The Morgan fingerprint density at radius 2 is 2.27 bits per heavy atom. The normalized spacial score (nSPS) is 20.4. The van der Waals surface area contributed by atoms with E-state index < -0.39 is 0 Å². The van der Waals surface area contributed by atoms with Crippen LogP contribution in [-0.4, -0.2) is 28.6 Å². The maximum absolute atomic E-state index is 5.24. The molecule has 1 N–H and O–H groups in total. The molecule has 60 valence electrons. The van der Waals surface area contributed by atoms with Crippen molar-refractivity contribution in [2.75, 3.05) is 13.2 Å². The molecular formula is C7H11N3O. The number of H-pyrrole nitrogens is 1. The maximum Gasteiger partial charge on any atom is 0.0857 e. The monoisotopic (exact) mass is 153 g/mol. The van der Waals surface area contributed by atoms with Crippen LogP contribution in [0.15, 0.2) is 6.20 Å². The Labute approximate surface area is 64.9 Å². The van der Waals surface area contributed by atoms with Crippen molar-refractivity contribution in [3.8, 4) is 0 Å². The van der Waals surface area contributed by atoms with E-state index in [1.54, 1.807) is 6.20 Å². The van der Waals surface area contributed by atoms with Gasteiger partial charge in [-0.05, 0) is 12.8 Å². The lowest BCUT2D eigenvalue weighted by atomic mass is 9.97. The molecule has 2 heterocycles. The van der Waals surface area contributed by atoms with Crippen molar-refractivity contribution in [3.05, 3.63) is 11.9 Å². The van der Waals surface area contributed by atoms with Crippen molar-refractivity contribution in [1.29, 1.82) is 0 Å². The fourth-order valence-electron chi connectivity index (χ4n) is 1.40. The van der Waals surface area contributed by atoms with Gasteiger partial charge in [-0.1, -0.05) is 0 Å². The molecule has 1 aliphatic rings. The van der Waals surface area contributed by atoms with Crippen molar-refractivity contribution in [2.24, 2.45) is 0 Å². The van der Waals surface area contributed by atoms with Gasteiger partial charge >= 0.3 is 0 Å². The number of hydrogen-bond donors (Lipinski definition) is 1. The predicted octanol–water partition coefficient (Wildman–Crippen LogP) is 0.699. The molecule has 1 aromatic rings. The molecular weight excluding hydrogens is 142 g/mol. The van der Waals surface area contributed by atoms with Crippen LogP contribution in [0.25, 0.3) is 0 Å². The maximum atomic E-state index is 5.24. The summed E-state index contributed by atoms with van der Waals surface area (Å²) in [6.07, 6.45) is 3.95. The average molecular weight is 153 g/mol. The van der Waals surface area contributed by atoms with Gasteiger partial charge in [-0.3, -0.25) is 0 Å². The molecule has 0 atom stereocenters. The molecule has 4 nitrogen and oxygen atoms in total. The summed E-state index contributed by atoms with van der Waals surface area (Å²) in [4.78, 5) is 0. The smallest absolute Gasteiger partial charge is 0.0857 e. The van der Waals surface area contributed by atoms with E-state index in [2.05, 4.69) is 15.4 Å². The summed E-state index contributed by atoms with van der Waals surface area (Å²) in [7, 11) is 0. The van der Waals surface area contributed by atoms with E-state index in [1.807, 2.05) is 0 Å². The summed E-state index contributed by atoms with van der Waals surface area (Å²) in [5.74, 6) is 0.558. The van der Waals surface area contributed by atoms with Crippen LogP contribution in [0, 0.1) is 0 Å². The lowest BCUT2D eigenvalue weighted by molar-refractivity contribution is 0.0845. The second-order valence-electron chi connectivity index (χ2n) is 2.78. The molecule has 0 amide bonds. The van der Waals surface area contributed by atoms with Gasteiger partial charge in [-0.15, -0.1) is 0 Å². The van der Waals surface area contributed by atoms with Crippen molar-refractivity contribution in [2.45, 2.75) is 18.8 Å². The fraction of sp³-hybridized carbons (Fsp3) is 0.714. The number of nitrogens with zero attached hydrogens (tertiary/aromatic N) is 2. The van der Waals surface area contributed by atoms with Gasteiger partial charge in [0, 0.05) is 19.1 Å². The zero-order chi connectivity index (χ0) is 7.52. The van der Waals surface area contributed by atoms with Crippen LogP contribution >= 0.6 is 0 Å². The second-order valence-corrected chi connectivity index (χ2v) is 2.78. The Bertz CT molecular complexity index is 203. The highest BCUT2D eigenvalue weighted by Crippen LogP contribution is 2.23. The van der Waals surface area contributed by atoms with Crippen molar-refractivity contribution >= 4 is 0 Å². The van der Waals surface area contributed by atoms with Gasteiger partial charge < -0.3 is 4.74 Å². The first-order valence-electron chi connectivity index (χ1n) is 3.90. The first-order valence-corrected chi connectivity index (χ1v) is 3.90. The Morgan fingerprint density at radius 1 is 1.45 bits per heavy atom. The second kappa shape index (κ2) is 3.00. The zero-order valence-electron chi connectivity index (χ0n) is 6.29. The minimum atomic E-state index is 0.558. The van der Waals surface area contributed by atoms with E-state index in [-0.39, 0.29) is 0 Å². The SMILES string of the molecule is c1n[nH]nc1C1CCOCC1.